The van der Waals surface area contributed by atoms with E-state index in [0.717, 1.165) is 19.4 Å². The Kier molecular flexibility index (Phi) is 3.93. The second-order valence-electron chi connectivity index (χ2n) is 6.00. The first-order valence-corrected chi connectivity index (χ1v) is 7.51. The van der Waals surface area contributed by atoms with Crippen LogP contribution in [0.5, 0.6) is 0 Å². The second-order valence-corrected chi connectivity index (χ2v) is 6.00. The van der Waals surface area contributed by atoms with Gasteiger partial charge in [-0.2, -0.15) is 0 Å². The first-order valence-electron chi connectivity index (χ1n) is 7.51. The van der Waals surface area contributed by atoms with Gasteiger partial charge in [0.15, 0.2) is 0 Å². The molecule has 0 aromatic heterocycles. The van der Waals surface area contributed by atoms with Crippen LogP contribution in [0.15, 0.2) is 18.2 Å². The molecule has 114 valence electrons. The Hall–Kier alpha value is -1.49. The van der Waals surface area contributed by atoms with Crippen LogP contribution in [0.3, 0.4) is 0 Å². The quantitative estimate of drug-likeness (QED) is 0.927. The molecule has 1 heterocycles. The molecular weight excluding hydrogens is 274 g/mol. The van der Waals surface area contributed by atoms with E-state index < -0.39 is 11.6 Å². The number of carbonyl (C=O) groups excluding carboxylic acids is 1. The summed E-state index contributed by atoms with van der Waals surface area (Å²) in [5.74, 6) is -1.59. The molecular formula is C16H20F2N2O. The number of halogens is 2. The number of hydrogen-bond acceptors (Lipinski definition) is 2. The fourth-order valence-electron chi connectivity index (χ4n) is 3.30. The van der Waals surface area contributed by atoms with Crippen LogP contribution >= 0.6 is 0 Å². The highest BCUT2D eigenvalue weighted by Gasteiger charge is 2.48. The Balaban J connectivity index is 1.68. The summed E-state index contributed by atoms with van der Waals surface area (Å²) in [7, 11) is 1.90. The number of hydrogen-bond donors (Lipinski definition) is 1. The molecule has 1 saturated carbocycles. The van der Waals surface area contributed by atoms with Crippen LogP contribution in [0.25, 0.3) is 0 Å². The van der Waals surface area contributed by atoms with Gasteiger partial charge < -0.3 is 10.2 Å². The Bertz CT molecular complexity index is 529. The molecule has 3 atom stereocenters. The van der Waals surface area contributed by atoms with Crippen molar-refractivity contribution in [3.05, 3.63) is 35.4 Å². The van der Waals surface area contributed by atoms with Crippen LogP contribution in [-0.2, 0) is 4.79 Å². The number of likely N-dealkylation sites (N-methyl/N-ethyl adjacent to an activating group) is 1. The number of benzene rings is 1. The molecule has 1 aliphatic heterocycles. The molecule has 21 heavy (non-hydrogen) atoms. The van der Waals surface area contributed by atoms with E-state index in [9.17, 15) is 13.6 Å². The number of nitrogens with one attached hydrogen (secondary N) is 1. The SMILES string of the molecule is CNC1CCCN(C(=O)C2CC2c2c(F)cccc2F)C1. The molecule has 3 unspecified atom stereocenters. The Labute approximate surface area is 123 Å². The molecule has 1 saturated heterocycles. The molecule has 1 aliphatic carbocycles. The van der Waals surface area contributed by atoms with E-state index in [1.807, 2.05) is 11.9 Å². The fourth-order valence-corrected chi connectivity index (χ4v) is 3.30. The highest BCUT2D eigenvalue weighted by molar-refractivity contribution is 5.83. The van der Waals surface area contributed by atoms with Crippen LogP contribution in [0.1, 0.15) is 30.7 Å². The molecule has 2 aliphatic rings. The minimum atomic E-state index is -0.540. The van der Waals surface area contributed by atoms with Crippen molar-refractivity contribution in [3.8, 4) is 0 Å². The zero-order chi connectivity index (χ0) is 15.0. The highest BCUT2D eigenvalue weighted by Crippen LogP contribution is 2.50. The minimum Gasteiger partial charge on any atom is -0.341 e. The van der Waals surface area contributed by atoms with Gasteiger partial charge in [0.25, 0.3) is 0 Å². The number of likely N-dealkylation sites (tertiary alicyclic amines) is 1. The van der Waals surface area contributed by atoms with Gasteiger partial charge in [-0.15, -0.1) is 0 Å². The van der Waals surface area contributed by atoms with Gasteiger partial charge in [-0.05, 0) is 38.4 Å². The van der Waals surface area contributed by atoms with E-state index in [1.54, 1.807) is 0 Å². The number of carbonyl (C=O) groups is 1. The third-order valence-corrected chi connectivity index (χ3v) is 4.62. The van der Waals surface area contributed by atoms with Crippen molar-refractivity contribution in [2.45, 2.75) is 31.2 Å². The maximum atomic E-state index is 13.8. The third-order valence-electron chi connectivity index (χ3n) is 4.62. The molecule has 3 nitrogen and oxygen atoms in total. The van der Waals surface area contributed by atoms with E-state index in [4.69, 9.17) is 0 Å². The normalized spacial score (nSPS) is 28.5. The maximum Gasteiger partial charge on any atom is 0.226 e. The second kappa shape index (κ2) is 5.72. The summed E-state index contributed by atoms with van der Waals surface area (Å²) in [6, 6.07) is 4.20. The molecule has 3 rings (SSSR count). The highest BCUT2D eigenvalue weighted by atomic mass is 19.1. The van der Waals surface area contributed by atoms with Gasteiger partial charge in [-0.25, -0.2) is 8.78 Å². The molecule has 5 heteroatoms. The first kappa shape index (κ1) is 14.4. The van der Waals surface area contributed by atoms with E-state index in [2.05, 4.69) is 5.32 Å². The van der Waals surface area contributed by atoms with Gasteiger partial charge in [-0.1, -0.05) is 6.07 Å². The lowest BCUT2D eigenvalue weighted by molar-refractivity contribution is -0.134. The first-order chi connectivity index (χ1) is 10.1. The number of rotatable bonds is 3. The molecule has 0 spiro atoms. The minimum absolute atomic E-state index is 0.0441. The van der Waals surface area contributed by atoms with Crippen molar-refractivity contribution in [1.82, 2.24) is 10.2 Å². The molecule has 0 bridgehead atoms. The summed E-state index contributed by atoms with van der Waals surface area (Å²) >= 11 is 0. The van der Waals surface area contributed by atoms with Crippen molar-refractivity contribution < 1.29 is 13.6 Å². The zero-order valence-electron chi connectivity index (χ0n) is 12.1. The van der Waals surface area contributed by atoms with E-state index in [1.165, 1.54) is 18.2 Å². The maximum absolute atomic E-state index is 13.8. The Morgan fingerprint density at radius 2 is 2.05 bits per heavy atom. The Morgan fingerprint density at radius 1 is 1.33 bits per heavy atom. The van der Waals surface area contributed by atoms with Gasteiger partial charge in [-0.3, -0.25) is 4.79 Å². The predicted octanol–water partition coefficient (Wildman–Crippen LogP) is 2.28. The van der Waals surface area contributed by atoms with Crippen LogP contribution in [0, 0.1) is 17.6 Å². The van der Waals surface area contributed by atoms with Crippen LogP contribution < -0.4 is 5.32 Å². The van der Waals surface area contributed by atoms with Crippen molar-refractivity contribution in [2.24, 2.45) is 5.92 Å². The summed E-state index contributed by atoms with van der Waals surface area (Å²) in [5.41, 5.74) is 0.0815. The van der Waals surface area contributed by atoms with Gasteiger partial charge in [0, 0.05) is 36.5 Å². The monoisotopic (exact) mass is 294 g/mol. The summed E-state index contributed by atoms with van der Waals surface area (Å²) in [6.45, 7) is 1.44. The molecule has 1 aromatic rings. The van der Waals surface area contributed by atoms with E-state index >= 15 is 0 Å². The van der Waals surface area contributed by atoms with Gasteiger partial charge in [0.05, 0.1) is 0 Å². The summed E-state index contributed by atoms with van der Waals surface area (Å²) < 4.78 is 27.5. The lowest BCUT2D eigenvalue weighted by atomic mass is 10.0. The zero-order valence-corrected chi connectivity index (χ0v) is 12.1. The molecule has 1 N–H and O–H groups in total. The molecule has 1 amide bonds. The summed E-state index contributed by atoms with van der Waals surface area (Å²) in [5, 5.41) is 3.20. The predicted molar refractivity (Wildman–Crippen MR) is 75.9 cm³/mol. The lowest BCUT2D eigenvalue weighted by Gasteiger charge is -2.32. The molecule has 2 fully saturated rings. The Morgan fingerprint density at radius 3 is 2.71 bits per heavy atom. The van der Waals surface area contributed by atoms with Crippen molar-refractivity contribution in [1.29, 1.82) is 0 Å². The topological polar surface area (TPSA) is 32.3 Å². The van der Waals surface area contributed by atoms with Gasteiger partial charge in [0.1, 0.15) is 11.6 Å². The third kappa shape index (κ3) is 2.79. The smallest absolute Gasteiger partial charge is 0.226 e. The average molecular weight is 294 g/mol. The van der Waals surface area contributed by atoms with E-state index in [-0.39, 0.29) is 23.3 Å². The summed E-state index contributed by atoms with van der Waals surface area (Å²) in [4.78, 5) is 14.3. The number of nitrogens with zero attached hydrogens (tertiary/aromatic N) is 1. The standard InChI is InChI=1S/C16H20F2N2O/c1-19-10-4-3-7-20(9-10)16(21)12-8-11(12)15-13(17)5-2-6-14(15)18/h2,5-6,10-12,19H,3-4,7-9H2,1H3. The van der Waals surface area contributed by atoms with Crippen molar-refractivity contribution in [2.75, 3.05) is 20.1 Å². The van der Waals surface area contributed by atoms with Crippen molar-refractivity contribution in [3.63, 3.8) is 0 Å². The van der Waals surface area contributed by atoms with E-state index in [0.29, 0.717) is 19.0 Å². The van der Waals surface area contributed by atoms with Gasteiger partial charge >= 0.3 is 0 Å². The van der Waals surface area contributed by atoms with Crippen LogP contribution in [-0.4, -0.2) is 37.0 Å². The number of piperidine rings is 1. The molecule has 0 radical (unpaired) electrons. The van der Waals surface area contributed by atoms with Crippen molar-refractivity contribution >= 4 is 5.91 Å². The summed E-state index contributed by atoms with van der Waals surface area (Å²) in [6.07, 6.45) is 2.59. The fraction of sp³-hybridized carbons (Fsp3) is 0.562. The largest absolute Gasteiger partial charge is 0.341 e. The molecule has 1 aromatic carbocycles. The average Bonchev–Trinajstić information content (AvgIpc) is 3.26. The van der Waals surface area contributed by atoms with Crippen LogP contribution in [0.4, 0.5) is 8.78 Å². The lowest BCUT2D eigenvalue weighted by Crippen LogP contribution is -2.47. The van der Waals surface area contributed by atoms with Crippen LogP contribution in [0.2, 0.25) is 0 Å². The number of amides is 1. The van der Waals surface area contributed by atoms with Gasteiger partial charge in [0.2, 0.25) is 5.91 Å².